The predicted molar refractivity (Wildman–Crippen MR) is 120 cm³/mol. The van der Waals surface area contributed by atoms with Crippen LogP contribution in [0.5, 0.6) is 5.75 Å². The highest BCUT2D eigenvalue weighted by atomic mass is 32.2. The molecule has 0 saturated carbocycles. The molecule has 30 heavy (non-hydrogen) atoms. The van der Waals surface area contributed by atoms with Gasteiger partial charge in [-0.2, -0.15) is 0 Å². The number of ether oxygens (including phenoxy) is 1. The molecular weight excluding hydrogens is 420 g/mol. The van der Waals surface area contributed by atoms with Crippen molar-refractivity contribution in [1.29, 1.82) is 0 Å². The van der Waals surface area contributed by atoms with E-state index in [1.165, 1.54) is 17.8 Å². The molecule has 1 fully saturated rings. The van der Waals surface area contributed by atoms with E-state index in [1.807, 2.05) is 41.5 Å². The van der Waals surface area contributed by atoms with Crippen LogP contribution in [0.15, 0.2) is 58.3 Å². The van der Waals surface area contributed by atoms with Crippen molar-refractivity contribution in [2.24, 2.45) is 0 Å². The molecule has 1 heterocycles. The molecule has 6 nitrogen and oxygen atoms in total. The number of nitrogens with one attached hydrogen (secondary N) is 1. The molecule has 8 heteroatoms. The van der Waals surface area contributed by atoms with E-state index >= 15 is 0 Å². The van der Waals surface area contributed by atoms with Crippen LogP contribution in [0.1, 0.15) is 36.0 Å². The molecule has 0 bridgehead atoms. The minimum absolute atomic E-state index is 0.0919. The average molecular weight is 449 g/mol. The number of nitrogens with zero attached hydrogens (tertiary/aromatic N) is 1. The first-order valence-corrected chi connectivity index (χ1v) is 12.9. The number of thioether (sulfide) groups is 1. The van der Waals surface area contributed by atoms with Crippen LogP contribution in [0.25, 0.3) is 0 Å². The summed E-state index contributed by atoms with van der Waals surface area (Å²) in [7, 11) is -3.74. The third-order valence-electron chi connectivity index (χ3n) is 5.01. The fraction of sp³-hybridized carbons (Fsp3) is 0.409. The molecule has 2 aromatic rings. The van der Waals surface area contributed by atoms with Crippen LogP contribution in [0.3, 0.4) is 0 Å². The fourth-order valence-electron chi connectivity index (χ4n) is 3.41. The summed E-state index contributed by atoms with van der Waals surface area (Å²) in [5, 5.41) is 0. The van der Waals surface area contributed by atoms with Gasteiger partial charge in [-0.25, -0.2) is 13.1 Å². The zero-order valence-corrected chi connectivity index (χ0v) is 18.8. The van der Waals surface area contributed by atoms with E-state index in [0.29, 0.717) is 11.3 Å². The van der Waals surface area contributed by atoms with Crippen molar-refractivity contribution >= 4 is 27.7 Å². The van der Waals surface area contributed by atoms with Crippen molar-refractivity contribution in [3.8, 4) is 5.75 Å². The van der Waals surface area contributed by atoms with Crippen LogP contribution >= 0.6 is 11.8 Å². The summed E-state index contributed by atoms with van der Waals surface area (Å²) in [6, 6.07) is 14.0. The van der Waals surface area contributed by atoms with Gasteiger partial charge in [-0.3, -0.25) is 4.79 Å². The molecule has 0 aliphatic carbocycles. The number of carbonyl (C=O) groups is 1. The summed E-state index contributed by atoms with van der Waals surface area (Å²) in [5.41, 5.74) is 0.452. The largest absolute Gasteiger partial charge is 0.492 e. The summed E-state index contributed by atoms with van der Waals surface area (Å²) in [6.07, 6.45) is 6.12. The zero-order valence-electron chi connectivity index (χ0n) is 17.2. The Morgan fingerprint density at radius 2 is 1.77 bits per heavy atom. The maximum absolute atomic E-state index is 13.1. The van der Waals surface area contributed by atoms with Crippen molar-refractivity contribution in [2.75, 3.05) is 32.5 Å². The summed E-state index contributed by atoms with van der Waals surface area (Å²) in [4.78, 5) is 15.8. The predicted octanol–water partition coefficient (Wildman–Crippen LogP) is 3.78. The second-order valence-corrected chi connectivity index (χ2v) is 9.74. The molecule has 1 saturated heterocycles. The second-order valence-electron chi connectivity index (χ2n) is 7.13. The Bertz CT molecular complexity index is 941. The van der Waals surface area contributed by atoms with Crippen LogP contribution < -0.4 is 9.46 Å². The number of sulfonamides is 1. The van der Waals surface area contributed by atoms with Gasteiger partial charge < -0.3 is 9.64 Å². The maximum Gasteiger partial charge on any atom is 0.255 e. The molecule has 1 aliphatic rings. The van der Waals surface area contributed by atoms with Gasteiger partial charge in [0.25, 0.3) is 5.91 Å². The van der Waals surface area contributed by atoms with Crippen LogP contribution in [0.2, 0.25) is 0 Å². The molecule has 3 rings (SSSR count). The topological polar surface area (TPSA) is 75.7 Å². The molecule has 0 spiro atoms. The quantitative estimate of drug-likeness (QED) is 0.491. The minimum Gasteiger partial charge on any atom is -0.492 e. The Labute approximate surface area is 183 Å². The summed E-state index contributed by atoms with van der Waals surface area (Å²) >= 11 is 1.45. The van der Waals surface area contributed by atoms with E-state index in [4.69, 9.17) is 4.74 Å². The monoisotopic (exact) mass is 448 g/mol. The van der Waals surface area contributed by atoms with Gasteiger partial charge in [0.05, 0.1) is 10.5 Å². The highest BCUT2D eigenvalue weighted by Gasteiger charge is 2.23. The lowest BCUT2D eigenvalue weighted by Gasteiger charge is -2.22. The Hall–Kier alpha value is -2.03. The van der Waals surface area contributed by atoms with Crippen LogP contribution in [0, 0.1) is 0 Å². The van der Waals surface area contributed by atoms with Gasteiger partial charge in [0, 0.05) is 24.5 Å². The third kappa shape index (κ3) is 6.00. The standard InChI is InChI=1S/C22H28N2O4S2/c1-29-21-12-11-19(17-20(21)22(25)24-14-7-2-3-8-15-24)30(26,27)23-13-16-28-18-9-5-4-6-10-18/h4-6,9-12,17,23H,2-3,7-8,13-16H2,1H3. The lowest BCUT2D eigenvalue weighted by atomic mass is 10.2. The number of carbonyl (C=O) groups excluding carboxylic acids is 1. The average Bonchev–Trinajstić information content (AvgIpc) is 3.06. The number of hydrogen-bond donors (Lipinski definition) is 1. The first kappa shape index (κ1) is 22.7. The van der Waals surface area contributed by atoms with Crippen LogP contribution in [-0.2, 0) is 10.0 Å². The van der Waals surface area contributed by atoms with Crippen molar-refractivity contribution < 1.29 is 17.9 Å². The second kappa shape index (κ2) is 10.8. The summed E-state index contributed by atoms with van der Waals surface area (Å²) in [5.74, 6) is 0.595. The number of hydrogen-bond acceptors (Lipinski definition) is 5. The molecule has 162 valence electrons. The van der Waals surface area contributed by atoms with Crippen molar-refractivity contribution in [1.82, 2.24) is 9.62 Å². The molecular formula is C22H28N2O4S2. The SMILES string of the molecule is CSc1ccc(S(=O)(=O)NCCOc2ccccc2)cc1C(=O)N1CCCCCC1. The van der Waals surface area contributed by atoms with Gasteiger partial charge in [0.1, 0.15) is 12.4 Å². The molecule has 0 aromatic heterocycles. The number of rotatable bonds is 8. The summed E-state index contributed by atoms with van der Waals surface area (Å²) < 4.78 is 33.6. The summed E-state index contributed by atoms with van der Waals surface area (Å²) in [6.45, 7) is 1.79. The Balaban J connectivity index is 1.69. The van der Waals surface area contributed by atoms with Gasteiger partial charge in [-0.05, 0) is 49.4 Å². The van der Waals surface area contributed by atoms with Gasteiger partial charge in [0.15, 0.2) is 0 Å². The van der Waals surface area contributed by atoms with Crippen LogP contribution in [-0.4, -0.2) is 51.7 Å². The van der Waals surface area contributed by atoms with E-state index in [0.717, 1.165) is 43.7 Å². The molecule has 0 unspecified atom stereocenters. The number of benzene rings is 2. The first-order chi connectivity index (χ1) is 14.5. The fourth-order valence-corrected chi connectivity index (χ4v) is 5.02. The maximum atomic E-state index is 13.1. The molecule has 0 radical (unpaired) electrons. The van der Waals surface area contributed by atoms with E-state index in [2.05, 4.69) is 4.72 Å². The Morgan fingerprint density at radius 3 is 2.43 bits per heavy atom. The molecule has 2 aromatic carbocycles. The van der Waals surface area contributed by atoms with E-state index in [1.54, 1.807) is 12.1 Å². The first-order valence-electron chi connectivity index (χ1n) is 10.2. The van der Waals surface area contributed by atoms with Crippen molar-refractivity contribution in [2.45, 2.75) is 35.5 Å². The number of amides is 1. The molecule has 1 amide bonds. The highest BCUT2D eigenvalue weighted by Crippen LogP contribution is 2.26. The van der Waals surface area contributed by atoms with E-state index < -0.39 is 10.0 Å². The van der Waals surface area contributed by atoms with E-state index in [9.17, 15) is 13.2 Å². The lowest BCUT2D eigenvalue weighted by Crippen LogP contribution is -2.33. The Morgan fingerprint density at radius 1 is 1.07 bits per heavy atom. The van der Waals surface area contributed by atoms with Gasteiger partial charge in [0.2, 0.25) is 10.0 Å². The highest BCUT2D eigenvalue weighted by molar-refractivity contribution is 7.98. The normalized spacial score (nSPS) is 14.9. The van der Waals surface area contributed by atoms with Crippen molar-refractivity contribution in [3.63, 3.8) is 0 Å². The minimum atomic E-state index is -3.74. The smallest absolute Gasteiger partial charge is 0.255 e. The van der Waals surface area contributed by atoms with E-state index in [-0.39, 0.29) is 24.0 Å². The molecule has 1 aliphatic heterocycles. The number of para-hydroxylation sites is 1. The van der Waals surface area contributed by atoms with Gasteiger partial charge in [-0.15, -0.1) is 11.8 Å². The van der Waals surface area contributed by atoms with Crippen molar-refractivity contribution in [3.05, 3.63) is 54.1 Å². The van der Waals surface area contributed by atoms with Gasteiger partial charge >= 0.3 is 0 Å². The van der Waals surface area contributed by atoms with Crippen LogP contribution in [0.4, 0.5) is 0 Å². The third-order valence-corrected chi connectivity index (χ3v) is 7.27. The molecule has 1 N–H and O–H groups in total. The van der Waals surface area contributed by atoms with Gasteiger partial charge in [-0.1, -0.05) is 31.0 Å². The lowest BCUT2D eigenvalue weighted by molar-refractivity contribution is 0.0758. The molecule has 0 atom stereocenters. The number of likely N-dealkylation sites (tertiary alicyclic amines) is 1. The zero-order chi connectivity index (χ0) is 21.4. The Kier molecular flexibility index (Phi) is 8.18.